The second kappa shape index (κ2) is 31.9. The van der Waals surface area contributed by atoms with Crippen LogP contribution in [0.4, 0.5) is 0 Å². The van der Waals surface area contributed by atoms with Crippen molar-refractivity contribution in [2.75, 3.05) is 27.2 Å². The summed E-state index contributed by atoms with van der Waals surface area (Å²) in [6.45, 7) is 6.30. The molecule has 1 rings (SSSR count). The van der Waals surface area contributed by atoms with E-state index in [1.54, 1.807) is 0 Å². The maximum atomic E-state index is 6.63. The van der Waals surface area contributed by atoms with Crippen molar-refractivity contribution >= 4 is 0 Å². The van der Waals surface area contributed by atoms with E-state index in [1.807, 2.05) is 0 Å². The molecule has 0 aromatic rings. The zero-order valence-corrected chi connectivity index (χ0v) is 31.3. The number of unbranched alkanes of at least 4 members (excludes halogenated alkanes) is 24. The zero-order chi connectivity index (χ0) is 32.5. The van der Waals surface area contributed by atoms with Crippen molar-refractivity contribution in [2.45, 2.75) is 218 Å². The molecule has 0 aliphatic carbocycles. The fourth-order valence-electron chi connectivity index (χ4n) is 6.83. The van der Waals surface area contributed by atoms with Gasteiger partial charge in [-0.15, -0.1) is 0 Å². The Morgan fingerprint density at radius 3 is 1.33 bits per heavy atom. The van der Waals surface area contributed by atoms with Crippen LogP contribution in [0.25, 0.3) is 0 Å². The van der Waals surface area contributed by atoms with Gasteiger partial charge in [-0.1, -0.05) is 173 Å². The van der Waals surface area contributed by atoms with Crippen LogP contribution in [0.2, 0.25) is 0 Å². The summed E-state index contributed by atoms with van der Waals surface area (Å²) in [6.07, 6.45) is 50.0. The van der Waals surface area contributed by atoms with Crippen LogP contribution in [0.5, 0.6) is 0 Å². The number of nitrogens with zero attached hydrogens (tertiary/aromatic N) is 1. The Morgan fingerprint density at radius 2 is 0.889 bits per heavy atom. The van der Waals surface area contributed by atoms with Crippen LogP contribution in [0.15, 0.2) is 24.3 Å². The molecule has 3 nitrogen and oxygen atoms in total. The molecule has 1 fully saturated rings. The van der Waals surface area contributed by atoms with Crippen LogP contribution in [-0.2, 0) is 9.47 Å². The third-order valence-corrected chi connectivity index (χ3v) is 9.65. The first kappa shape index (κ1) is 42.4. The van der Waals surface area contributed by atoms with E-state index in [0.29, 0.717) is 0 Å². The first-order chi connectivity index (χ1) is 22.1. The summed E-state index contributed by atoms with van der Waals surface area (Å²) in [4.78, 5) is 2.24. The molecule has 1 heterocycles. The predicted octanol–water partition coefficient (Wildman–Crippen LogP) is 13.5. The lowest BCUT2D eigenvalue weighted by Crippen LogP contribution is -2.33. The van der Waals surface area contributed by atoms with Gasteiger partial charge >= 0.3 is 0 Å². The minimum absolute atomic E-state index is 0.227. The molecule has 45 heavy (non-hydrogen) atoms. The van der Waals surface area contributed by atoms with E-state index in [0.717, 1.165) is 32.4 Å². The average Bonchev–Trinajstić information content (AvgIpc) is 3.42. The summed E-state index contributed by atoms with van der Waals surface area (Å²) >= 11 is 0. The molecule has 1 aliphatic heterocycles. The third kappa shape index (κ3) is 27.1. The van der Waals surface area contributed by atoms with Crippen molar-refractivity contribution in [3.63, 3.8) is 0 Å². The molecular formula is C42H81NO2. The van der Waals surface area contributed by atoms with E-state index in [2.05, 4.69) is 57.1 Å². The van der Waals surface area contributed by atoms with Gasteiger partial charge in [0.2, 0.25) is 0 Å². The van der Waals surface area contributed by atoms with Gasteiger partial charge in [-0.2, -0.15) is 0 Å². The molecular weight excluding hydrogens is 550 g/mol. The van der Waals surface area contributed by atoms with E-state index in [-0.39, 0.29) is 11.9 Å². The maximum absolute atomic E-state index is 6.63. The number of hydrogen-bond donors (Lipinski definition) is 0. The maximum Gasteiger partial charge on any atom is 0.168 e. The van der Waals surface area contributed by atoms with Crippen LogP contribution in [0.3, 0.4) is 0 Å². The van der Waals surface area contributed by atoms with Gasteiger partial charge in [0.15, 0.2) is 5.79 Å². The number of allylic oxidation sites excluding steroid dienone is 4. The topological polar surface area (TPSA) is 21.7 Å². The summed E-state index contributed by atoms with van der Waals surface area (Å²) < 4.78 is 13.1. The van der Waals surface area contributed by atoms with Crippen LogP contribution in [0, 0.1) is 0 Å². The highest BCUT2D eigenvalue weighted by Gasteiger charge is 2.40. The summed E-state index contributed by atoms with van der Waals surface area (Å²) in [5.41, 5.74) is 0. The largest absolute Gasteiger partial charge is 0.347 e. The predicted molar refractivity (Wildman–Crippen MR) is 200 cm³/mol. The minimum Gasteiger partial charge on any atom is -0.347 e. The SMILES string of the molecule is CCCCC/C=C\C/C=C\CCCCCCCCC1(CCCCCCCCCCCCCCCCCC)OC[C@@H](CN(C)C)O1. The zero-order valence-electron chi connectivity index (χ0n) is 31.3. The van der Waals surface area contributed by atoms with Crippen molar-refractivity contribution in [2.24, 2.45) is 0 Å². The molecule has 0 amide bonds. The number of rotatable bonds is 34. The van der Waals surface area contributed by atoms with Crippen molar-refractivity contribution in [3.05, 3.63) is 24.3 Å². The third-order valence-electron chi connectivity index (χ3n) is 9.65. The molecule has 1 aliphatic rings. The van der Waals surface area contributed by atoms with Crippen molar-refractivity contribution in [1.82, 2.24) is 4.90 Å². The molecule has 1 saturated heterocycles. The summed E-state index contributed by atoms with van der Waals surface area (Å²) in [5.74, 6) is -0.314. The summed E-state index contributed by atoms with van der Waals surface area (Å²) in [6, 6.07) is 0. The van der Waals surface area contributed by atoms with Crippen LogP contribution >= 0.6 is 0 Å². The quantitative estimate of drug-likeness (QED) is 0.0521. The Labute approximate surface area is 283 Å². The van der Waals surface area contributed by atoms with Crippen molar-refractivity contribution < 1.29 is 9.47 Å². The molecule has 0 aromatic heterocycles. The molecule has 0 saturated carbocycles. The fourth-order valence-corrected chi connectivity index (χ4v) is 6.83. The van der Waals surface area contributed by atoms with E-state index < -0.39 is 0 Å². The molecule has 0 radical (unpaired) electrons. The highest BCUT2D eigenvalue weighted by atomic mass is 16.7. The molecule has 2 atom stereocenters. The van der Waals surface area contributed by atoms with Gasteiger partial charge in [-0.05, 0) is 59.0 Å². The standard InChI is InChI=1S/C42H81NO2/c1-5-7-9-11-13-15-17-19-21-23-25-27-29-31-33-35-37-42(44-40-41(45-42)39-43(3)4)38-36-34-32-30-28-26-24-22-20-18-16-14-12-10-8-6-2/h13,15,19,21,41H,5-12,14,16-18,20,22-40H2,1-4H3/b15-13-,21-19-/t41-,42?/m1/s1. The van der Waals surface area contributed by atoms with E-state index in [1.165, 1.54) is 173 Å². The Balaban J connectivity index is 2.08. The fraction of sp³-hybridized carbons (Fsp3) is 0.905. The van der Waals surface area contributed by atoms with Gasteiger partial charge in [-0.3, -0.25) is 0 Å². The van der Waals surface area contributed by atoms with E-state index in [9.17, 15) is 0 Å². The number of hydrogen-bond acceptors (Lipinski definition) is 3. The van der Waals surface area contributed by atoms with Crippen LogP contribution < -0.4 is 0 Å². The van der Waals surface area contributed by atoms with E-state index >= 15 is 0 Å². The molecule has 1 unspecified atom stereocenters. The highest BCUT2D eigenvalue weighted by Crippen LogP contribution is 2.35. The Bertz CT molecular complexity index is 659. The van der Waals surface area contributed by atoms with Gasteiger partial charge in [-0.25, -0.2) is 0 Å². The molecule has 0 aromatic carbocycles. The Morgan fingerprint density at radius 1 is 0.511 bits per heavy atom. The van der Waals surface area contributed by atoms with Gasteiger partial charge in [0.05, 0.1) is 12.7 Å². The van der Waals surface area contributed by atoms with Gasteiger partial charge in [0.25, 0.3) is 0 Å². The highest BCUT2D eigenvalue weighted by molar-refractivity contribution is 4.92. The average molecular weight is 632 g/mol. The minimum atomic E-state index is -0.314. The van der Waals surface area contributed by atoms with Gasteiger partial charge in [0, 0.05) is 19.4 Å². The van der Waals surface area contributed by atoms with Crippen LogP contribution in [0.1, 0.15) is 206 Å². The van der Waals surface area contributed by atoms with Crippen molar-refractivity contribution in [3.8, 4) is 0 Å². The second-order valence-electron chi connectivity index (χ2n) is 14.6. The summed E-state index contributed by atoms with van der Waals surface area (Å²) in [7, 11) is 4.28. The second-order valence-corrected chi connectivity index (χ2v) is 14.6. The lowest BCUT2D eigenvalue weighted by molar-refractivity contribution is -0.180. The number of ether oxygens (including phenoxy) is 2. The molecule has 266 valence electrons. The smallest absolute Gasteiger partial charge is 0.168 e. The summed E-state index contributed by atoms with van der Waals surface area (Å²) in [5, 5.41) is 0. The number of likely N-dealkylation sites (N-methyl/N-ethyl adjacent to an activating group) is 1. The Kier molecular flexibility index (Phi) is 30.1. The van der Waals surface area contributed by atoms with Crippen LogP contribution in [-0.4, -0.2) is 44.0 Å². The molecule has 3 heteroatoms. The normalized spacial score (nSPS) is 18.8. The van der Waals surface area contributed by atoms with Gasteiger partial charge < -0.3 is 14.4 Å². The first-order valence-corrected chi connectivity index (χ1v) is 20.4. The van der Waals surface area contributed by atoms with Crippen molar-refractivity contribution in [1.29, 1.82) is 0 Å². The van der Waals surface area contributed by atoms with E-state index in [4.69, 9.17) is 9.47 Å². The molecule has 0 spiro atoms. The molecule has 0 bridgehead atoms. The lowest BCUT2D eigenvalue weighted by atomic mass is 9.98. The van der Waals surface area contributed by atoms with Gasteiger partial charge in [0.1, 0.15) is 0 Å². The lowest BCUT2D eigenvalue weighted by Gasteiger charge is -2.29. The Hall–Kier alpha value is -0.640. The molecule has 0 N–H and O–H groups in total. The monoisotopic (exact) mass is 632 g/mol. The first-order valence-electron chi connectivity index (χ1n) is 20.4.